The van der Waals surface area contributed by atoms with Crippen LogP contribution >= 0.6 is 0 Å². The molecule has 10 heteroatoms. The lowest BCUT2D eigenvalue weighted by atomic mass is 10.2. The van der Waals surface area contributed by atoms with Crippen molar-refractivity contribution in [2.24, 2.45) is 5.92 Å². The van der Waals surface area contributed by atoms with E-state index in [9.17, 15) is 4.79 Å². The van der Waals surface area contributed by atoms with E-state index in [1.54, 1.807) is 20.4 Å². The van der Waals surface area contributed by atoms with Crippen molar-refractivity contribution in [3.8, 4) is 11.5 Å². The van der Waals surface area contributed by atoms with Crippen LogP contribution in [-0.2, 0) is 4.79 Å². The van der Waals surface area contributed by atoms with Crippen LogP contribution in [0.4, 0.5) is 23.3 Å². The topological polar surface area (TPSA) is 117 Å². The Balaban J connectivity index is 0.000000182. The number of anilines is 4. The summed E-state index contributed by atoms with van der Waals surface area (Å²) in [6.07, 6.45) is 4.93. The Hall–Kier alpha value is -4.34. The molecular formula is C28H35N7O3. The van der Waals surface area contributed by atoms with Crippen molar-refractivity contribution in [2.75, 3.05) is 42.8 Å². The van der Waals surface area contributed by atoms with Crippen molar-refractivity contribution in [1.82, 2.24) is 20.2 Å². The number of para-hydroxylation sites is 1. The van der Waals surface area contributed by atoms with Crippen molar-refractivity contribution in [3.05, 3.63) is 54.7 Å². The Morgan fingerprint density at radius 1 is 1.00 bits per heavy atom. The number of carbonyl (C=O) groups excluding carboxylic acids is 1. The fourth-order valence-corrected chi connectivity index (χ4v) is 3.70. The van der Waals surface area contributed by atoms with Gasteiger partial charge in [0.1, 0.15) is 5.75 Å². The zero-order chi connectivity index (χ0) is 26.9. The molecule has 38 heavy (non-hydrogen) atoms. The van der Waals surface area contributed by atoms with Crippen molar-refractivity contribution in [2.45, 2.75) is 33.1 Å². The largest absolute Gasteiger partial charge is 0.497 e. The number of rotatable bonds is 7. The lowest BCUT2D eigenvalue weighted by molar-refractivity contribution is -0.117. The number of benzene rings is 2. The first-order valence-corrected chi connectivity index (χ1v) is 13.0. The van der Waals surface area contributed by atoms with Gasteiger partial charge < -0.3 is 25.0 Å². The summed E-state index contributed by atoms with van der Waals surface area (Å²) in [5, 5.41) is 14.4. The minimum Gasteiger partial charge on any atom is -0.497 e. The fourth-order valence-electron chi connectivity index (χ4n) is 3.70. The molecular weight excluding hydrogens is 482 g/mol. The molecule has 2 aromatic heterocycles. The van der Waals surface area contributed by atoms with Gasteiger partial charge in [0.2, 0.25) is 11.9 Å². The molecule has 2 aromatic carbocycles. The minimum atomic E-state index is 0.134. The minimum absolute atomic E-state index is 0.134. The van der Waals surface area contributed by atoms with Gasteiger partial charge in [0, 0.05) is 30.1 Å². The van der Waals surface area contributed by atoms with Crippen molar-refractivity contribution >= 4 is 40.1 Å². The Labute approximate surface area is 222 Å². The number of H-pyrrole nitrogens is 1. The van der Waals surface area contributed by atoms with E-state index in [4.69, 9.17) is 9.47 Å². The third-order valence-electron chi connectivity index (χ3n) is 6.11. The van der Waals surface area contributed by atoms with Gasteiger partial charge in [0.25, 0.3) is 0 Å². The normalized spacial score (nSPS) is 13.7. The second-order valence-electron chi connectivity index (χ2n) is 8.66. The van der Waals surface area contributed by atoms with Gasteiger partial charge in [-0.3, -0.25) is 9.89 Å². The molecule has 4 aromatic rings. The van der Waals surface area contributed by atoms with Gasteiger partial charge in [-0.1, -0.05) is 26.0 Å². The first-order valence-electron chi connectivity index (χ1n) is 13.0. The highest BCUT2D eigenvalue weighted by Gasteiger charge is 2.29. The molecule has 200 valence electrons. The molecule has 1 saturated heterocycles. The molecule has 1 amide bonds. The van der Waals surface area contributed by atoms with Crippen LogP contribution < -0.4 is 25.0 Å². The number of aromatic nitrogens is 4. The SMILES string of the molecule is CC.COc1ccc(NC(=O)C2CC2)cc1.COc1cnc(N2CCC2)nc1Nc1n[nH]c2ccccc12. The van der Waals surface area contributed by atoms with E-state index in [0.29, 0.717) is 11.6 Å². The molecule has 1 aliphatic heterocycles. The van der Waals surface area contributed by atoms with Crippen molar-refractivity contribution < 1.29 is 14.3 Å². The smallest absolute Gasteiger partial charge is 0.227 e. The second kappa shape index (κ2) is 12.8. The average molecular weight is 518 g/mol. The van der Waals surface area contributed by atoms with E-state index in [0.717, 1.165) is 60.0 Å². The Morgan fingerprint density at radius 2 is 1.74 bits per heavy atom. The molecule has 6 rings (SSSR count). The second-order valence-corrected chi connectivity index (χ2v) is 8.66. The van der Waals surface area contributed by atoms with E-state index < -0.39 is 0 Å². The van der Waals surface area contributed by atoms with Crippen LogP contribution in [0.1, 0.15) is 33.1 Å². The van der Waals surface area contributed by atoms with Gasteiger partial charge in [-0.15, -0.1) is 0 Å². The van der Waals surface area contributed by atoms with Crippen LogP contribution in [0, 0.1) is 5.92 Å². The van der Waals surface area contributed by atoms with Gasteiger partial charge in [-0.2, -0.15) is 10.1 Å². The Bertz CT molecular complexity index is 1330. The molecule has 0 radical (unpaired) electrons. The summed E-state index contributed by atoms with van der Waals surface area (Å²) in [5.41, 5.74) is 1.81. The number of methoxy groups -OCH3 is 2. The molecule has 1 saturated carbocycles. The van der Waals surface area contributed by atoms with Crippen LogP contribution in [-0.4, -0.2) is 53.4 Å². The van der Waals surface area contributed by atoms with Crippen molar-refractivity contribution in [3.63, 3.8) is 0 Å². The van der Waals surface area contributed by atoms with E-state index in [-0.39, 0.29) is 11.8 Å². The van der Waals surface area contributed by atoms with Crippen LogP contribution in [0.5, 0.6) is 11.5 Å². The maximum atomic E-state index is 11.4. The first-order chi connectivity index (χ1) is 18.6. The van der Waals surface area contributed by atoms with Crippen LogP contribution in [0.2, 0.25) is 0 Å². The summed E-state index contributed by atoms with van der Waals surface area (Å²) in [5.74, 6) is 3.84. The number of hydrogen-bond donors (Lipinski definition) is 3. The number of amides is 1. The van der Waals surface area contributed by atoms with Crippen LogP contribution in [0.3, 0.4) is 0 Å². The van der Waals surface area contributed by atoms with E-state index >= 15 is 0 Å². The Morgan fingerprint density at radius 3 is 2.37 bits per heavy atom. The summed E-state index contributed by atoms with van der Waals surface area (Å²) in [6, 6.07) is 15.3. The quantitative estimate of drug-likeness (QED) is 0.299. The monoisotopic (exact) mass is 517 g/mol. The molecule has 0 unspecified atom stereocenters. The summed E-state index contributed by atoms with van der Waals surface area (Å²) in [6.45, 7) is 5.99. The fraction of sp³-hybridized carbons (Fsp3) is 0.357. The van der Waals surface area contributed by atoms with E-state index in [2.05, 4.69) is 35.7 Å². The third-order valence-corrected chi connectivity index (χ3v) is 6.11. The molecule has 0 atom stereocenters. The number of fused-ring (bicyclic) bond motifs is 1. The van der Waals surface area contributed by atoms with E-state index in [1.807, 2.05) is 62.4 Å². The summed E-state index contributed by atoms with van der Waals surface area (Å²) >= 11 is 0. The van der Waals surface area contributed by atoms with Gasteiger partial charge in [-0.05, 0) is 55.7 Å². The molecule has 0 spiro atoms. The highest BCUT2D eigenvalue weighted by Crippen LogP contribution is 2.31. The number of aromatic amines is 1. The maximum Gasteiger partial charge on any atom is 0.227 e. The molecule has 1 aliphatic carbocycles. The highest BCUT2D eigenvalue weighted by molar-refractivity contribution is 5.94. The third kappa shape index (κ3) is 6.50. The van der Waals surface area contributed by atoms with Crippen LogP contribution in [0.15, 0.2) is 54.7 Å². The zero-order valence-corrected chi connectivity index (χ0v) is 22.3. The van der Waals surface area contributed by atoms with Gasteiger partial charge in [-0.25, -0.2) is 4.98 Å². The number of nitrogens with one attached hydrogen (secondary N) is 3. The maximum absolute atomic E-state index is 11.4. The molecule has 2 aliphatic rings. The highest BCUT2D eigenvalue weighted by atomic mass is 16.5. The van der Waals surface area contributed by atoms with E-state index in [1.165, 1.54) is 6.42 Å². The predicted molar refractivity (Wildman–Crippen MR) is 150 cm³/mol. The summed E-state index contributed by atoms with van der Waals surface area (Å²) in [4.78, 5) is 22.4. The number of carbonyl (C=O) groups is 1. The number of nitrogens with zero attached hydrogens (tertiary/aromatic N) is 4. The molecule has 2 fully saturated rings. The first kappa shape index (κ1) is 26.7. The van der Waals surface area contributed by atoms with Crippen LogP contribution in [0.25, 0.3) is 10.9 Å². The lowest BCUT2D eigenvalue weighted by Gasteiger charge is -2.31. The molecule has 0 bridgehead atoms. The molecule has 3 heterocycles. The standard InChI is InChI=1S/C15H16N6O.C11H13NO2.C2H6/c1-22-12-9-16-15(21-7-4-8-21)18-14(12)17-13-10-5-2-3-6-11(10)19-20-13;1-14-10-6-4-9(5-7-10)12-11(13)8-2-3-8;1-2/h2-3,5-6,9H,4,7-8H2,1H3,(H2,16,17,18,19,20);4-8H,2-3H2,1H3,(H,12,13);1-2H3. The summed E-state index contributed by atoms with van der Waals surface area (Å²) < 4.78 is 10.4. The van der Waals surface area contributed by atoms with Gasteiger partial charge >= 0.3 is 0 Å². The number of ether oxygens (including phenoxy) is 2. The van der Waals surface area contributed by atoms with Crippen molar-refractivity contribution in [1.29, 1.82) is 0 Å². The predicted octanol–water partition coefficient (Wildman–Crippen LogP) is 5.39. The zero-order valence-electron chi connectivity index (χ0n) is 22.3. The average Bonchev–Trinajstić information content (AvgIpc) is 3.72. The van der Waals surface area contributed by atoms with Gasteiger partial charge in [0.05, 0.1) is 25.9 Å². The number of hydrogen-bond acceptors (Lipinski definition) is 8. The lowest BCUT2D eigenvalue weighted by Crippen LogP contribution is -2.38. The molecule has 10 nitrogen and oxygen atoms in total. The summed E-state index contributed by atoms with van der Waals surface area (Å²) in [7, 11) is 3.23. The Kier molecular flexibility index (Phi) is 8.97. The van der Waals surface area contributed by atoms with Gasteiger partial charge in [0.15, 0.2) is 17.4 Å². The molecule has 3 N–H and O–H groups in total.